The molecule has 14 heavy (non-hydrogen) atoms. The number of rotatable bonds is 1. The summed E-state index contributed by atoms with van der Waals surface area (Å²) in [6, 6.07) is 5.26. The number of halogens is 1. The fraction of sp³-hybridized carbons (Fsp3) is 0. The maximum absolute atomic E-state index is 13.3. The predicted molar refractivity (Wildman–Crippen MR) is 50.1 cm³/mol. The second-order valence-corrected chi connectivity index (χ2v) is 2.87. The van der Waals surface area contributed by atoms with Gasteiger partial charge in [-0.25, -0.2) is 4.39 Å². The van der Waals surface area contributed by atoms with E-state index in [1.165, 1.54) is 24.3 Å². The number of phenols is 1. The largest absolute Gasteiger partial charge is 0.508 e. The number of hydrogen-bond acceptors (Lipinski definition) is 3. The van der Waals surface area contributed by atoms with Gasteiger partial charge in [-0.05, 0) is 18.2 Å². The van der Waals surface area contributed by atoms with Gasteiger partial charge in [0, 0.05) is 11.6 Å². The zero-order chi connectivity index (χ0) is 10.1. The van der Waals surface area contributed by atoms with Gasteiger partial charge in [0.1, 0.15) is 17.4 Å². The lowest BCUT2D eigenvalue weighted by atomic mass is 10.1. The number of hydrogen-bond donors (Lipinski definition) is 3. The van der Waals surface area contributed by atoms with Crippen molar-refractivity contribution in [1.29, 1.82) is 0 Å². The lowest BCUT2D eigenvalue weighted by Crippen LogP contribution is -1.83. The monoisotopic (exact) mass is 193 g/mol. The van der Waals surface area contributed by atoms with Crippen molar-refractivity contribution in [2.45, 2.75) is 0 Å². The number of benzene rings is 1. The Labute approximate surface area is 79.2 Å². The molecular formula is C9H8FN3O. The molecule has 0 amide bonds. The fourth-order valence-electron chi connectivity index (χ4n) is 1.19. The zero-order valence-corrected chi connectivity index (χ0v) is 7.16. The Bertz CT molecular complexity index is 467. The molecule has 0 aliphatic rings. The molecule has 2 aromatic rings. The summed E-state index contributed by atoms with van der Waals surface area (Å²) in [7, 11) is 0. The fourth-order valence-corrected chi connectivity index (χ4v) is 1.19. The van der Waals surface area contributed by atoms with Gasteiger partial charge in [-0.2, -0.15) is 5.10 Å². The number of nitrogen functional groups attached to an aromatic ring is 1. The summed E-state index contributed by atoms with van der Waals surface area (Å²) in [5.41, 5.74) is 6.06. The minimum Gasteiger partial charge on any atom is -0.508 e. The molecule has 1 heterocycles. The topological polar surface area (TPSA) is 74.9 Å². The highest BCUT2D eigenvalue weighted by molar-refractivity contribution is 5.64. The minimum absolute atomic E-state index is 0.00503. The molecule has 0 radical (unpaired) electrons. The van der Waals surface area contributed by atoms with Gasteiger partial charge < -0.3 is 10.8 Å². The van der Waals surface area contributed by atoms with E-state index in [2.05, 4.69) is 10.2 Å². The van der Waals surface area contributed by atoms with Gasteiger partial charge in [0.15, 0.2) is 0 Å². The first-order valence-electron chi connectivity index (χ1n) is 3.96. The Hall–Kier alpha value is -2.04. The first-order chi connectivity index (χ1) is 6.66. The SMILES string of the molecule is Nc1cc(-c2cc(O)ccc2F)[nH]n1. The highest BCUT2D eigenvalue weighted by Gasteiger charge is 2.08. The van der Waals surface area contributed by atoms with Crippen LogP contribution in [0.5, 0.6) is 5.75 Å². The van der Waals surface area contributed by atoms with Crippen LogP contribution in [0, 0.1) is 5.82 Å². The number of aromatic amines is 1. The van der Waals surface area contributed by atoms with Crippen LogP contribution in [0.4, 0.5) is 10.2 Å². The summed E-state index contributed by atoms with van der Waals surface area (Å²) in [5, 5.41) is 15.4. The van der Waals surface area contributed by atoms with Crippen molar-refractivity contribution < 1.29 is 9.50 Å². The van der Waals surface area contributed by atoms with Crippen molar-refractivity contribution in [2.24, 2.45) is 0 Å². The van der Waals surface area contributed by atoms with Crippen molar-refractivity contribution in [1.82, 2.24) is 10.2 Å². The molecule has 4 N–H and O–H groups in total. The van der Waals surface area contributed by atoms with E-state index in [1.807, 2.05) is 0 Å². The summed E-state index contributed by atoms with van der Waals surface area (Å²) in [4.78, 5) is 0. The van der Waals surface area contributed by atoms with Crippen LogP contribution < -0.4 is 5.73 Å². The van der Waals surface area contributed by atoms with Crippen LogP contribution in [0.3, 0.4) is 0 Å². The van der Waals surface area contributed by atoms with Crippen molar-refractivity contribution >= 4 is 5.82 Å². The maximum atomic E-state index is 13.3. The van der Waals surface area contributed by atoms with Gasteiger partial charge in [-0.1, -0.05) is 0 Å². The van der Waals surface area contributed by atoms with Gasteiger partial charge >= 0.3 is 0 Å². The standard InChI is InChI=1S/C9H8FN3O/c10-7-2-1-5(14)3-6(7)8-4-9(11)13-12-8/h1-4,14H,(H3,11,12,13). The van der Waals surface area contributed by atoms with Gasteiger partial charge in [-0.3, -0.25) is 5.10 Å². The summed E-state index contributed by atoms with van der Waals surface area (Å²) in [6.45, 7) is 0. The number of nitrogens with one attached hydrogen (secondary N) is 1. The van der Waals surface area contributed by atoms with Crippen LogP contribution in [0.1, 0.15) is 0 Å². The number of nitrogens with two attached hydrogens (primary N) is 1. The van der Waals surface area contributed by atoms with Gasteiger partial charge in [0.25, 0.3) is 0 Å². The van der Waals surface area contributed by atoms with E-state index in [9.17, 15) is 9.50 Å². The van der Waals surface area contributed by atoms with E-state index >= 15 is 0 Å². The second-order valence-electron chi connectivity index (χ2n) is 2.87. The molecule has 0 spiro atoms. The molecule has 0 saturated heterocycles. The number of phenolic OH excluding ortho intramolecular Hbond substituents is 1. The molecule has 2 rings (SSSR count). The van der Waals surface area contributed by atoms with Gasteiger partial charge in [-0.15, -0.1) is 0 Å². The molecule has 0 saturated carbocycles. The molecule has 0 aliphatic carbocycles. The summed E-state index contributed by atoms with van der Waals surface area (Å²) in [6.07, 6.45) is 0. The molecule has 0 bridgehead atoms. The van der Waals surface area contributed by atoms with Crippen LogP contribution in [-0.4, -0.2) is 15.3 Å². The molecule has 5 heteroatoms. The molecule has 0 fully saturated rings. The molecule has 0 atom stereocenters. The van der Waals surface area contributed by atoms with E-state index in [0.717, 1.165) is 0 Å². The highest BCUT2D eigenvalue weighted by Crippen LogP contribution is 2.25. The molecule has 4 nitrogen and oxygen atoms in total. The predicted octanol–water partition coefficient (Wildman–Crippen LogP) is 1.50. The van der Waals surface area contributed by atoms with E-state index in [0.29, 0.717) is 5.69 Å². The number of nitrogens with zero attached hydrogens (tertiary/aromatic N) is 1. The normalized spacial score (nSPS) is 10.4. The van der Waals surface area contributed by atoms with E-state index in [4.69, 9.17) is 5.73 Å². The van der Waals surface area contributed by atoms with E-state index < -0.39 is 5.82 Å². The van der Waals surface area contributed by atoms with Crippen LogP contribution >= 0.6 is 0 Å². The Kier molecular flexibility index (Phi) is 1.85. The van der Waals surface area contributed by atoms with Crippen LogP contribution in [0.2, 0.25) is 0 Å². The molecule has 1 aromatic carbocycles. The number of anilines is 1. The summed E-state index contributed by atoms with van der Waals surface area (Å²) >= 11 is 0. The number of H-pyrrole nitrogens is 1. The molecule has 0 unspecified atom stereocenters. The Morgan fingerprint density at radius 1 is 1.36 bits per heavy atom. The Balaban J connectivity index is 2.55. The van der Waals surface area contributed by atoms with Crippen molar-refractivity contribution in [2.75, 3.05) is 5.73 Å². The molecular weight excluding hydrogens is 185 g/mol. The first-order valence-corrected chi connectivity index (χ1v) is 3.96. The lowest BCUT2D eigenvalue weighted by Gasteiger charge is -1.99. The second kappa shape index (κ2) is 3.02. The Morgan fingerprint density at radius 2 is 2.14 bits per heavy atom. The highest BCUT2D eigenvalue weighted by atomic mass is 19.1. The zero-order valence-electron chi connectivity index (χ0n) is 7.16. The molecule has 72 valence electrons. The van der Waals surface area contributed by atoms with Gasteiger partial charge in [0.2, 0.25) is 0 Å². The number of aromatic nitrogens is 2. The lowest BCUT2D eigenvalue weighted by molar-refractivity contribution is 0.473. The van der Waals surface area contributed by atoms with Gasteiger partial charge in [0.05, 0.1) is 5.69 Å². The third-order valence-corrected chi connectivity index (χ3v) is 1.84. The third-order valence-electron chi connectivity index (χ3n) is 1.84. The van der Waals surface area contributed by atoms with Crippen molar-refractivity contribution in [3.63, 3.8) is 0 Å². The first kappa shape index (κ1) is 8.55. The molecule has 1 aromatic heterocycles. The average Bonchev–Trinajstić information content (AvgIpc) is 2.56. The van der Waals surface area contributed by atoms with Crippen molar-refractivity contribution in [3.8, 4) is 17.0 Å². The smallest absolute Gasteiger partial charge is 0.145 e. The van der Waals surface area contributed by atoms with Crippen molar-refractivity contribution in [3.05, 3.63) is 30.1 Å². The quantitative estimate of drug-likeness (QED) is 0.642. The Morgan fingerprint density at radius 3 is 2.79 bits per heavy atom. The van der Waals surface area contributed by atoms with Crippen LogP contribution in [-0.2, 0) is 0 Å². The minimum atomic E-state index is -0.438. The summed E-state index contributed by atoms with van der Waals surface area (Å²) in [5.74, 6) is -0.163. The maximum Gasteiger partial charge on any atom is 0.145 e. The molecule has 0 aliphatic heterocycles. The third kappa shape index (κ3) is 1.39. The van der Waals surface area contributed by atoms with Crippen LogP contribution in [0.15, 0.2) is 24.3 Å². The number of aromatic hydroxyl groups is 1. The van der Waals surface area contributed by atoms with E-state index in [-0.39, 0.29) is 17.1 Å². The van der Waals surface area contributed by atoms with Crippen LogP contribution in [0.25, 0.3) is 11.3 Å². The van der Waals surface area contributed by atoms with E-state index in [1.54, 1.807) is 0 Å². The summed E-state index contributed by atoms with van der Waals surface area (Å²) < 4.78 is 13.3. The average molecular weight is 193 g/mol.